The van der Waals surface area contributed by atoms with Crippen molar-refractivity contribution < 1.29 is 0 Å². The lowest BCUT2D eigenvalue weighted by atomic mass is 10.1. The van der Waals surface area contributed by atoms with Gasteiger partial charge in [-0.25, -0.2) is 0 Å². The normalized spacial score (nSPS) is 12.8. The molecular weight excluding hydrogens is 264 g/mol. The molecule has 0 aliphatic carbocycles. The first-order valence-electron chi connectivity index (χ1n) is 8.66. The van der Waals surface area contributed by atoms with Crippen LogP contribution in [-0.2, 0) is 0 Å². The fourth-order valence-corrected chi connectivity index (χ4v) is 1.89. The van der Waals surface area contributed by atoms with Gasteiger partial charge in [0.25, 0.3) is 0 Å². The number of unbranched alkanes of at least 4 members (excludes halogenated alkanes) is 1. The maximum Gasteiger partial charge on any atom is -0.0169 e. The molecule has 0 bridgehead atoms. The van der Waals surface area contributed by atoms with E-state index in [0.29, 0.717) is 0 Å². The molecule has 122 valence electrons. The van der Waals surface area contributed by atoms with Gasteiger partial charge in [-0.3, -0.25) is 0 Å². The highest BCUT2D eigenvalue weighted by Gasteiger charge is 1.84. The van der Waals surface area contributed by atoms with Gasteiger partial charge < -0.3 is 0 Å². The summed E-state index contributed by atoms with van der Waals surface area (Å²) in [6.07, 6.45) is 31.2. The van der Waals surface area contributed by atoms with Gasteiger partial charge in [0.05, 0.1) is 0 Å². The lowest BCUT2D eigenvalue weighted by Gasteiger charge is -1.94. The highest BCUT2D eigenvalue weighted by Crippen LogP contribution is 2.04. The fraction of sp³-hybridized carbons (Fsp3) is 0.455. The Bertz CT molecular complexity index is 388. The molecule has 0 saturated carbocycles. The third kappa shape index (κ3) is 18.4. The Morgan fingerprint density at radius 2 is 1.09 bits per heavy atom. The predicted octanol–water partition coefficient (Wildman–Crippen LogP) is 7.48. The Hall–Kier alpha value is -1.56. The topological polar surface area (TPSA) is 0 Å². The summed E-state index contributed by atoms with van der Waals surface area (Å²) >= 11 is 0. The molecule has 0 heterocycles. The molecule has 0 nitrogen and oxygen atoms in total. The maximum atomic E-state index is 3.92. The molecule has 0 heteroatoms. The van der Waals surface area contributed by atoms with Crippen molar-refractivity contribution in [1.82, 2.24) is 0 Å². The molecule has 0 amide bonds. The van der Waals surface area contributed by atoms with Crippen LogP contribution in [0.25, 0.3) is 0 Å². The van der Waals surface area contributed by atoms with Crippen molar-refractivity contribution in [3.05, 3.63) is 72.9 Å². The molecule has 0 aliphatic heterocycles. The Morgan fingerprint density at radius 1 is 0.682 bits per heavy atom. The minimum atomic E-state index is 1.03. The summed E-state index contributed by atoms with van der Waals surface area (Å²) in [7, 11) is 0. The van der Waals surface area contributed by atoms with Crippen LogP contribution in [0.4, 0.5) is 0 Å². The summed E-state index contributed by atoms with van der Waals surface area (Å²) in [6.45, 7) is 8.18. The van der Waals surface area contributed by atoms with E-state index in [4.69, 9.17) is 0 Å². The largest absolute Gasteiger partial charge is 0.100 e. The van der Waals surface area contributed by atoms with E-state index >= 15 is 0 Å². The second-order valence-corrected chi connectivity index (χ2v) is 5.56. The van der Waals surface area contributed by atoms with Crippen LogP contribution in [0.3, 0.4) is 0 Å². The number of hydrogen-bond donors (Lipinski definition) is 0. The average Bonchev–Trinajstić information content (AvgIpc) is 2.50. The Labute approximate surface area is 138 Å². The zero-order valence-corrected chi connectivity index (χ0v) is 14.6. The smallest absolute Gasteiger partial charge is 0.0169 e. The van der Waals surface area contributed by atoms with Gasteiger partial charge in [0, 0.05) is 0 Å². The molecule has 22 heavy (non-hydrogen) atoms. The van der Waals surface area contributed by atoms with Gasteiger partial charge in [-0.15, -0.1) is 6.58 Å². The highest BCUT2D eigenvalue weighted by atomic mass is 13.9. The quantitative estimate of drug-likeness (QED) is 0.244. The summed E-state index contributed by atoms with van der Waals surface area (Å²) in [4.78, 5) is 0. The Morgan fingerprint density at radius 3 is 1.50 bits per heavy atom. The summed E-state index contributed by atoms with van der Waals surface area (Å²) in [6, 6.07) is 0. The van der Waals surface area contributed by atoms with E-state index in [2.05, 4.69) is 81.2 Å². The van der Waals surface area contributed by atoms with Crippen molar-refractivity contribution in [1.29, 1.82) is 0 Å². The van der Waals surface area contributed by atoms with Crippen molar-refractivity contribution in [2.45, 2.75) is 65.2 Å². The van der Waals surface area contributed by atoms with E-state index in [1.165, 1.54) is 18.4 Å². The van der Waals surface area contributed by atoms with E-state index in [1.54, 1.807) is 0 Å². The van der Waals surface area contributed by atoms with Crippen molar-refractivity contribution in [2.24, 2.45) is 0 Å². The van der Waals surface area contributed by atoms with Crippen molar-refractivity contribution >= 4 is 0 Å². The molecule has 0 aromatic rings. The van der Waals surface area contributed by atoms with Crippen LogP contribution < -0.4 is 0 Å². The molecule has 0 aromatic carbocycles. The van der Waals surface area contributed by atoms with E-state index in [-0.39, 0.29) is 0 Å². The van der Waals surface area contributed by atoms with E-state index in [1.807, 2.05) is 0 Å². The highest BCUT2D eigenvalue weighted by molar-refractivity contribution is 5.00. The van der Waals surface area contributed by atoms with Crippen LogP contribution in [-0.4, -0.2) is 0 Å². The lowest BCUT2D eigenvalue weighted by molar-refractivity contribution is 0.833. The van der Waals surface area contributed by atoms with E-state index in [9.17, 15) is 0 Å². The number of allylic oxidation sites excluding steroid dienone is 11. The van der Waals surface area contributed by atoms with Crippen LogP contribution in [0.2, 0.25) is 0 Å². The summed E-state index contributed by atoms with van der Waals surface area (Å²) < 4.78 is 0. The molecule has 0 unspecified atom stereocenters. The third-order valence-corrected chi connectivity index (χ3v) is 3.13. The van der Waals surface area contributed by atoms with Gasteiger partial charge in [-0.2, -0.15) is 0 Å². The molecule has 0 N–H and O–H groups in total. The number of hydrogen-bond acceptors (Lipinski definition) is 0. The van der Waals surface area contributed by atoms with Gasteiger partial charge in [0.15, 0.2) is 0 Å². The van der Waals surface area contributed by atoms with Crippen molar-refractivity contribution in [3.8, 4) is 0 Å². The number of rotatable bonds is 13. The summed E-state index contributed by atoms with van der Waals surface area (Å²) in [5, 5.41) is 0. The van der Waals surface area contributed by atoms with Crippen LogP contribution in [0.15, 0.2) is 72.9 Å². The first-order chi connectivity index (χ1) is 10.8. The maximum absolute atomic E-state index is 3.92. The van der Waals surface area contributed by atoms with Gasteiger partial charge >= 0.3 is 0 Å². The van der Waals surface area contributed by atoms with Crippen LogP contribution >= 0.6 is 0 Å². The first kappa shape index (κ1) is 20.4. The second-order valence-electron chi connectivity index (χ2n) is 5.56. The second kappa shape index (κ2) is 17.5. The van der Waals surface area contributed by atoms with Gasteiger partial charge in [-0.05, 0) is 58.3 Å². The zero-order chi connectivity index (χ0) is 16.3. The first-order valence-corrected chi connectivity index (χ1v) is 8.66. The molecule has 0 rings (SSSR count). The van der Waals surface area contributed by atoms with Crippen molar-refractivity contribution in [3.63, 3.8) is 0 Å². The SMILES string of the molecule is C=C(C)CCC/C=C/C/C=C/C/C=C/C/C=C/C/C=C/CC. The minimum absolute atomic E-state index is 1.03. The van der Waals surface area contributed by atoms with Gasteiger partial charge in [0.2, 0.25) is 0 Å². The molecule has 0 spiro atoms. The molecular formula is C22H34. The average molecular weight is 299 g/mol. The van der Waals surface area contributed by atoms with Crippen LogP contribution in [0.5, 0.6) is 0 Å². The lowest BCUT2D eigenvalue weighted by Crippen LogP contribution is -1.74. The third-order valence-electron chi connectivity index (χ3n) is 3.13. The van der Waals surface area contributed by atoms with Gasteiger partial charge in [-0.1, -0.05) is 73.3 Å². The monoisotopic (exact) mass is 298 g/mol. The molecule has 0 saturated heterocycles. The summed E-state index contributed by atoms with van der Waals surface area (Å²) in [5.74, 6) is 0. The molecule has 0 fully saturated rings. The molecule has 0 aliphatic rings. The van der Waals surface area contributed by atoms with Crippen LogP contribution in [0, 0.1) is 0 Å². The zero-order valence-electron chi connectivity index (χ0n) is 14.6. The van der Waals surface area contributed by atoms with E-state index in [0.717, 1.165) is 38.5 Å². The van der Waals surface area contributed by atoms with Crippen LogP contribution in [0.1, 0.15) is 65.2 Å². The Balaban J connectivity index is 3.46. The fourth-order valence-electron chi connectivity index (χ4n) is 1.89. The van der Waals surface area contributed by atoms with Gasteiger partial charge in [0.1, 0.15) is 0 Å². The standard InChI is InChI=1S/C22H34/c1-4-5-6-7-8-9-10-11-12-13-14-15-16-17-18-19-20-21-22(2)3/h5-6,8-9,11-12,14-15,17-18H,2,4,7,10,13,16,19-21H2,1,3H3/b6-5+,9-8+,12-11+,15-14+,18-17+. The minimum Gasteiger partial charge on any atom is -0.100 e. The molecule has 0 radical (unpaired) electrons. The molecule has 0 atom stereocenters. The van der Waals surface area contributed by atoms with Crippen molar-refractivity contribution in [2.75, 3.05) is 0 Å². The van der Waals surface area contributed by atoms with E-state index < -0.39 is 0 Å². The Kier molecular flexibility index (Phi) is 16.3. The molecule has 0 aromatic heterocycles. The predicted molar refractivity (Wildman–Crippen MR) is 103 cm³/mol. The summed E-state index contributed by atoms with van der Waals surface area (Å²) in [5.41, 5.74) is 1.28.